The van der Waals surface area contributed by atoms with Crippen molar-refractivity contribution in [3.05, 3.63) is 35.9 Å². The number of alkyl carbamates (subject to hydrolysis) is 1. The summed E-state index contributed by atoms with van der Waals surface area (Å²) < 4.78 is 38.5. The molecule has 0 saturated heterocycles. The van der Waals surface area contributed by atoms with Crippen molar-refractivity contribution in [3.8, 4) is 0 Å². The molecule has 1 aromatic carbocycles. The highest BCUT2D eigenvalue weighted by atomic mass is 32.2. The molecule has 0 aliphatic carbocycles. The molecule has 1 atom stereocenters. The summed E-state index contributed by atoms with van der Waals surface area (Å²) in [7, 11) is -4.02. The number of hydrogen-bond donors (Lipinski definition) is 3. The van der Waals surface area contributed by atoms with E-state index in [1.807, 2.05) is 30.3 Å². The summed E-state index contributed by atoms with van der Waals surface area (Å²) in [6, 6.07) is 7.90. The Labute approximate surface area is 258 Å². The van der Waals surface area contributed by atoms with Crippen LogP contribution in [-0.2, 0) is 30.9 Å². The fourth-order valence-electron chi connectivity index (χ4n) is 4.26. The molecule has 0 aliphatic rings. The van der Waals surface area contributed by atoms with Crippen LogP contribution in [0.25, 0.3) is 0 Å². The van der Waals surface area contributed by atoms with Gasteiger partial charge < -0.3 is 24.8 Å². The summed E-state index contributed by atoms with van der Waals surface area (Å²) in [5.41, 5.74) is 0.196. The molecule has 0 radical (unpaired) electrons. The summed E-state index contributed by atoms with van der Waals surface area (Å²) >= 11 is 0. The smallest absolute Gasteiger partial charge is 0.410 e. The Bertz CT molecular complexity index is 1040. The highest BCUT2D eigenvalue weighted by Crippen LogP contribution is 2.11. The standard InChI is InChI=1S/C31H53N3O8S/c1-5-6-7-8-9-10-11-17-22-34(30(38)41-25-26-18-13-12-14-19-26)23-24-43(39,40)33-27(28(35)36)20-15-16-21-32-29(37)42-31(2,3)4/h12-14,18-19,27,33H,5-11,15-17,20-25H2,1-4H3,(H,32,37)(H,35,36)/t27-/m0/s1. The second-order valence-corrected chi connectivity index (χ2v) is 13.6. The number of amides is 2. The quantitative estimate of drug-likeness (QED) is 0.136. The summed E-state index contributed by atoms with van der Waals surface area (Å²) in [6.45, 7) is 8.00. The maximum Gasteiger partial charge on any atom is 0.410 e. The molecule has 0 heterocycles. The number of carbonyl (C=O) groups is 3. The van der Waals surface area contributed by atoms with Crippen LogP contribution in [0, 0.1) is 0 Å². The van der Waals surface area contributed by atoms with Crippen molar-refractivity contribution in [2.75, 3.05) is 25.4 Å². The minimum Gasteiger partial charge on any atom is -0.480 e. The van der Waals surface area contributed by atoms with Crippen LogP contribution in [0.3, 0.4) is 0 Å². The molecule has 0 fully saturated rings. The van der Waals surface area contributed by atoms with Crippen LogP contribution in [-0.4, -0.2) is 73.6 Å². The van der Waals surface area contributed by atoms with Crippen LogP contribution in [0.1, 0.15) is 104 Å². The number of rotatable bonds is 22. The Hall–Kier alpha value is -2.86. The Morgan fingerprint density at radius 2 is 1.53 bits per heavy atom. The lowest BCUT2D eigenvalue weighted by Crippen LogP contribution is -2.44. The number of aliphatic carboxylic acids is 1. The van der Waals surface area contributed by atoms with Crippen molar-refractivity contribution >= 4 is 28.2 Å². The number of benzene rings is 1. The van der Waals surface area contributed by atoms with E-state index in [-0.39, 0.29) is 26.1 Å². The largest absolute Gasteiger partial charge is 0.480 e. The van der Waals surface area contributed by atoms with Gasteiger partial charge in [-0.15, -0.1) is 0 Å². The average molecular weight is 628 g/mol. The molecule has 1 aromatic rings. The van der Waals surface area contributed by atoms with E-state index in [1.165, 1.54) is 30.6 Å². The van der Waals surface area contributed by atoms with Crippen LogP contribution in [0.15, 0.2) is 30.3 Å². The number of carbonyl (C=O) groups excluding carboxylic acids is 2. The Balaban J connectivity index is 2.61. The van der Waals surface area contributed by atoms with Gasteiger partial charge in [-0.25, -0.2) is 22.7 Å². The van der Waals surface area contributed by atoms with Gasteiger partial charge in [0.1, 0.15) is 18.2 Å². The molecular formula is C31H53N3O8S. The van der Waals surface area contributed by atoms with E-state index < -0.39 is 45.6 Å². The van der Waals surface area contributed by atoms with Crippen molar-refractivity contribution < 1.29 is 37.4 Å². The predicted molar refractivity (Wildman–Crippen MR) is 167 cm³/mol. The number of nitrogens with zero attached hydrogens (tertiary/aromatic N) is 1. The van der Waals surface area contributed by atoms with Gasteiger partial charge in [0, 0.05) is 19.6 Å². The van der Waals surface area contributed by atoms with Crippen molar-refractivity contribution in [2.24, 2.45) is 0 Å². The highest BCUT2D eigenvalue weighted by molar-refractivity contribution is 7.89. The first-order valence-corrected chi connectivity index (χ1v) is 17.1. The first kappa shape index (κ1) is 38.2. The Morgan fingerprint density at radius 1 is 0.907 bits per heavy atom. The highest BCUT2D eigenvalue weighted by Gasteiger charge is 2.25. The molecule has 1 rings (SSSR count). The Kier molecular flexibility index (Phi) is 18.6. The van der Waals surface area contributed by atoms with Gasteiger partial charge >= 0.3 is 18.2 Å². The molecule has 0 spiro atoms. The van der Waals surface area contributed by atoms with Crippen LogP contribution in [0.2, 0.25) is 0 Å². The summed E-state index contributed by atoms with van der Waals surface area (Å²) in [6.07, 6.45) is 8.34. The average Bonchev–Trinajstić information content (AvgIpc) is 2.93. The topological polar surface area (TPSA) is 151 Å². The molecule has 11 nitrogen and oxygen atoms in total. The van der Waals surface area contributed by atoms with E-state index in [1.54, 1.807) is 20.8 Å². The SMILES string of the molecule is CCCCCCCCCCN(CCS(=O)(=O)N[C@@H](CCCCNC(=O)OC(C)(C)C)C(=O)O)C(=O)OCc1ccccc1. The fourth-order valence-corrected chi connectivity index (χ4v) is 5.49. The number of ether oxygens (including phenoxy) is 2. The molecule has 12 heteroatoms. The second kappa shape index (κ2) is 20.9. The van der Waals surface area contributed by atoms with E-state index >= 15 is 0 Å². The lowest BCUT2D eigenvalue weighted by Gasteiger charge is -2.23. The summed E-state index contributed by atoms with van der Waals surface area (Å²) in [5.74, 6) is -1.74. The zero-order valence-corrected chi connectivity index (χ0v) is 27.3. The van der Waals surface area contributed by atoms with E-state index in [0.29, 0.717) is 19.4 Å². The Morgan fingerprint density at radius 3 is 2.14 bits per heavy atom. The number of carboxylic acid groups (broad SMARTS) is 1. The van der Waals surface area contributed by atoms with Crippen LogP contribution >= 0.6 is 0 Å². The van der Waals surface area contributed by atoms with Crippen molar-refractivity contribution in [1.29, 1.82) is 0 Å². The second-order valence-electron chi connectivity index (χ2n) is 11.8. The van der Waals surface area contributed by atoms with Gasteiger partial charge in [0.2, 0.25) is 10.0 Å². The van der Waals surface area contributed by atoms with Gasteiger partial charge in [0.05, 0.1) is 5.75 Å². The van der Waals surface area contributed by atoms with Crippen LogP contribution in [0.4, 0.5) is 9.59 Å². The molecule has 0 aromatic heterocycles. The molecule has 246 valence electrons. The van der Waals surface area contributed by atoms with Gasteiger partial charge in [0.25, 0.3) is 0 Å². The van der Waals surface area contributed by atoms with E-state index in [4.69, 9.17) is 9.47 Å². The van der Waals surface area contributed by atoms with Gasteiger partial charge in [-0.3, -0.25) is 4.79 Å². The van der Waals surface area contributed by atoms with Crippen molar-refractivity contribution in [1.82, 2.24) is 14.9 Å². The zero-order chi connectivity index (χ0) is 32.1. The molecule has 43 heavy (non-hydrogen) atoms. The monoisotopic (exact) mass is 627 g/mol. The number of nitrogens with one attached hydrogen (secondary N) is 2. The predicted octanol–water partition coefficient (Wildman–Crippen LogP) is 5.83. The van der Waals surface area contributed by atoms with Gasteiger partial charge in [0.15, 0.2) is 0 Å². The minimum atomic E-state index is -4.02. The van der Waals surface area contributed by atoms with Crippen molar-refractivity contribution in [3.63, 3.8) is 0 Å². The molecule has 0 bridgehead atoms. The maximum atomic E-state index is 12.9. The van der Waals surface area contributed by atoms with Crippen LogP contribution < -0.4 is 10.0 Å². The third-order valence-corrected chi connectivity index (χ3v) is 7.95. The maximum absolute atomic E-state index is 12.9. The minimum absolute atomic E-state index is 0.0473. The number of carboxylic acids is 1. The van der Waals surface area contributed by atoms with Crippen molar-refractivity contribution in [2.45, 2.75) is 117 Å². The molecule has 3 N–H and O–H groups in total. The van der Waals surface area contributed by atoms with Gasteiger partial charge in [-0.2, -0.15) is 0 Å². The third kappa shape index (κ3) is 19.9. The van der Waals surface area contributed by atoms with Gasteiger partial charge in [-0.05, 0) is 52.0 Å². The third-order valence-electron chi connectivity index (χ3n) is 6.58. The van der Waals surface area contributed by atoms with E-state index in [9.17, 15) is 27.9 Å². The van der Waals surface area contributed by atoms with E-state index in [2.05, 4.69) is 17.0 Å². The number of unbranched alkanes of at least 4 members (excludes halogenated alkanes) is 8. The molecular weight excluding hydrogens is 574 g/mol. The summed E-state index contributed by atoms with van der Waals surface area (Å²) in [4.78, 5) is 37.8. The zero-order valence-electron chi connectivity index (χ0n) is 26.4. The fraction of sp³-hybridized carbons (Fsp3) is 0.710. The molecule has 0 aliphatic heterocycles. The van der Waals surface area contributed by atoms with E-state index in [0.717, 1.165) is 31.2 Å². The lowest BCUT2D eigenvalue weighted by atomic mass is 10.1. The normalized spacial score (nSPS) is 12.4. The van der Waals surface area contributed by atoms with Crippen LogP contribution in [0.5, 0.6) is 0 Å². The van der Waals surface area contributed by atoms with Gasteiger partial charge in [-0.1, -0.05) is 82.2 Å². The number of hydrogen-bond acceptors (Lipinski definition) is 7. The molecule has 0 unspecified atom stereocenters. The first-order valence-electron chi connectivity index (χ1n) is 15.5. The summed E-state index contributed by atoms with van der Waals surface area (Å²) in [5, 5.41) is 12.2. The lowest BCUT2D eigenvalue weighted by molar-refractivity contribution is -0.139. The number of sulfonamides is 1. The molecule has 2 amide bonds. The first-order chi connectivity index (χ1) is 20.3. The molecule has 0 saturated carbocycles.